The van der Waals surface area contributed by atoms with Crippen LogP contribution in [0.25, 0.3) is 0 Å². The van der Waals surface area contributed by atoms with Crippen LogP contribution >= 0.6 is 0 Å². The van der Waals surface area contributed by atoms with Gasteiger partial charge < -0.3 is 15.2 Å². The van der Waals surface area contributed by atoms with E-state index in [1.54, 1.807) is 0 Å². The van der Waals surface area contributed by atoms with Gasteiger partial charge in [-0.05, 0) is 59.9 Å². The van der Waals surface area contributed by atoms with Crippen LogP contribution in [0, 0.1) is 12.8 Å². The van der Waals surface area contributed by atoms with E-state index in [9.17, 15) is 9.00 Å². The zero-order valence-corrected chi connectivity index (χ0v) is 19.2. The number of hydrogen-bond acceptors (Lipinski definition) is 3. The fraction of sp³-hybridized carbons (Fsp3) is 0.458. The second-order valence-electron chi connectivity index (χ2n) is 9.27. The molecule has 4 atom stereocenters. The Bertz CT molecular complexity index is 934. The van der Waals surface area contributed by atoms with Crippen molar-refractivity contribution in [2.45, 2.75) is 58.4 Å². The highest BCUT2D eigenvalue weighted by atomic mass is 32.2. The highest BCUT2D eigenvalue weighted by molar-refractivity contribution is 7.79. The molecular formula is C24H32N2O3S. The molecule has 3 N–H and O–H groups in total. The first-order chi connectivity index (χ1) is 14.1. The first kappa shape index (κ1) is 22.5. The summed E-state index contributed by atoms with van der Waals surface area (Å²) in [6.45, 7) is 10.5. The highest BCUT2D eigenvalue weighted by Gasteiger charge is 2.44. The largest absolute Gasteiger partial charge is 0.371 e. The molecule has 0 spiro atoms. The molecular weight excluding hydrogens is 396 g/mol. The normalized spacial score (nSPS) is 20.3. The number of benzene rings is 2. The molecule has 0 aromatic heterocycles. The zero-order chi connectivity index (χ0) is 22.1. The lowest BCUT2D eigenvalue weighted by Crippen LogP contribution is -2.28. The zero-order valence-electron chi connectivity index (χ0n) is 18.4. The monoisotopic (exact) mass is 428 g/mol. The fourth-order valence-corrected chi connectivity index (χ4v) is 4.06. The number of aryl methyl sites for hydroxylation is 1. The summed E-state index contributed by atoms with van der Waals surface area (Å²) in [7, 11) is 0. The summed E-state index contributed by atoms with van der Waals surface area (Å²) in [6.07, 6.45) is 0.896. The van der Waals surface area contributed by atoms with Gasteiger partial charge in [0.1, 0.15) is 5.88 Å². The molecule has 3 unspecified atom stereocenters. The van der Waals surface area contributed by atoms with Gasteiger partial charge in [-0.3, -0.25) is 4.79 Å². The standard InChI is InChI=1S/C24H32N2O3S/c1-15-12-18(8-11-22(15)25-14-30(28)29)16(2)26-23(27)21-13-20(21)17-6-9-19(10-7-17)24(3,4)5/h6-12,16,20-21,25H,13-14H2,1-5H3,(H,26,27)(H,28,29)/t16-,20?,21?/m1/s1. The summed E-state index contributed by atoms with van der Waals surface area (Å²) in [5, 5.41) is 6.09. The second kappa shape index (κ2) is 8.90. The second-order valence-corrected chi connectivity index (χ2v) is 10.2. The minimum Gasteiger partial charge on any atom is -0.371 e. The number of nitrogens with one attached hydrogen (secondary N) is 2. The minimum absolute atomic E-state index is 0.00766. The molecule has 2 aromatic rings. The van der Waals surface area contributed by atoms with Gasteiger partial charge in [0.2, 0.25) is 5.91 Å². The summed E-state index contributed by atoms with van der Waals surface area (Å²) in [6, 6.07) is 14.4. The Morgan fingerprint density at radius 2 is 1.87 bits per heavy atom. The Kier molecular flexibility index (Phi) is 6.68. The molecule has 0 aliphatic heterocycles. The van der Waals surface area contributed by atoms with Crippen molar-refractivity contribution in [1.29, 1.82) is 0 Å². The van der Waals surface area contributed by atoms with Crippen LogP contribution in [-0.4, -0.2) is 20.5 Å². The average molecular weight is 429 g/mol. The van der Waals surface area contributed by atoms with Gasteiger partial charge >= 0.3 is 0 Å². The molecule has 1 fully saturated rings. The van der Waals surface area contributed by atoms with Gasteiger partial charge in [-0.2, -0.15) is 0 Å². The van der Waals surface area contributed by atoms with Crippen LogP contribution in [0.5, 0.6) is 0 Å². The molecule has 1 aliphatic rings. The van der Waals surface area contributed by atoms with E-state index < -0.39 is 11.1 Å². The van der Waals surface area contributed by atoms with Crippen LogP contribution in [0.3, 0.4) is 0 Å². The van der Waals surface area contributed by atoms with E-state index in [1.165, 1.54) is 11.1 Å². The van der Waals surface area contributed by atoms with Crippen molar-refractivity contribution in [3.05, 3.63) is 64.7 Å². The maximum atomic E-state index is 12.7. The Labute approximate surface area is 182 Å². The highest BCUT2D eigenvalue weighted by Crippen LogP contribution is 2.48. The lowest BCUT2D eigenvalue weighted by molar-refractivity contribution is -0.123. The quantitative estimate of drug-likeness (QED) is 0.550. The summed E-state index contributed by atoms with van der Waals surface area (Å²) in [4.78, 5) is 12.7. The van der Waals surface area contributed by atoms with E-state index in [0.717, 1.165) is 23.2 Å². The van der Waals surface area contributed by atoms with Crippen molar-refractivity contribution in [3.63, 3.8) is 0 Å². The van der Waals surface area contributed by atoms with Crippen molar-refractivity contribution in [2.75, 3.05) is 11.2 Å². The molecule has 1 saturated carbocycles. The molecule has 5 nitrogen and oxygen atoms in total. The van der Waals surface area contributed by atoms with E-state index in [4.69, 9.17) is 4.55 Å². The van der Waals surface area contributed by atoms with Gasteiger partial charge in [-0.15, -0.1) is 0 Å². The number of carbonyl (C=O) groups excluding carboxylic acids is 1. The minimum atomic E-state index is -1.89. The summed E-state index contributed by atoms with van der Waals surface area (Å²) in [5.74, 6) is 0.433. The smallest absolute Gasteiger partial charge is 0.224 e. The van der Waals surface area contributed by atoms with E-state index in [0.29, 0.717) is 5.92 Å². The van der Waals surface area contributed by atoms with Crippen molar-refractivity contribution in [3.8, 4) is 0 Å². The van der Waals surface area contributed by atoms with E-state index in [1.807, 2.05) is 32.0 Å². The van der Waals surface area contributed by atoms with E-state index in [2.05, 4.69) is 55.7 Å². The number of anilines is 1. The molecule has 3 rings (SSSR count). The molecule has 0 radical (unpaired) electrons. The van der Waals surface area contributed by atoms with Crippen LogP contribution in [0.4, 0.5) is 5.69 Å². The number of hydrogen-bond donors (Lipinski definition) is 3. The van der Waals surface area contributed by atoms with Crippen molar-refractivity contribution in [2.24, 2.45) is 5.92 Å². The maximum Gasteiger partial charge on any atom is 0.224 e. The van der Waals surface area contributed by atoms with Gasteiger partial charge in [0, 0.05) is 11.6 Å². The third-order valence-electron chi connectivity index (χ3n) is 5.83. The first-order valence-corrected chi connectivity index (χ1v) is 11.7. The Hall–Kier alpha value is -2.18. The number of carbonyl (C=O) groups is 1. The van der Waals surface area contributed by atoms with Crippen LogP contribution in [0.2, 0.25) is 0 Å². The van der Waals surface area contributed by atoms with Crippen LogP contribution in [0.1, 0.15) is 68.3 Å². The Balaban J connectivity index is 1.57. The molecule has 162 valence electrons. The molecule has 0 saturated heterocycles. The number of rotatable bonds is 7. The summed E-state index contributed by atoms with van der Waals surface area (Å²) in [5.41, 5.74) is 5.49. The predicted molar refractivity (Wildman–Crippen MR) is 123 cm³/mol. The molecule has 0 heterocycles. The molecule has 30 heavy (non-hydrogen) atoms. The third-order valence-corrected chi connectivity index (χ3v) is 6.22. The van der Waals surface area contributed by atoms with Crippen LogP contribution in [0.15, 0.2) is 42.5 Å². The van der Waals surface area contributed by atoms with E-state index >= 15 is 0 Å². The maximum absolute atomic E-state index is 12.7. The summed E-state index contributed by atoms with van der Waals surface area (Å²) >= 11 is -1.89. The molecule has 1 amide bonds. The number of amides is 1. The SMILES string of the molecule is Cc1cc([C@@H](C)NC(=O)C2CC2c2ccc(C(C)(C)C)cc2)ccc1NCS(=O)O. The van der Waals surface area contributed by atoms with Gasteiger partial charge in [-0.1, -0.05) is 57.2 Å². The Morgan fingerprint density at radius 1 is 1.20 bits per heavy atom. The van der Waals surface area contributed by atoms with Crippen molar-refractivity contribution in [1.82, 2.24) is 5.32 Å². The van der Waals surface area contributed by atoms with E-state index in [-0.39, 0.29) is 29.2 Å². The molecule has 0 bridgehead atoms. The fourth-order valence-electron chi connectivity index (χ4n) is 3.78. The van der Waals surface area contributed by atoms with Gasteiger partial charge in [-0.25, -0.2) is 4.21 Å². The third kappa shape index (κ3) is 5.49. The summed E-state index contributed by atoms with van der Waals surface area (Å²) < 4.78 is 19.8. The lowest BCUT2D eigenvalue weighted by Gasteiger charge is -2.19. The van der Waals surface area contributed by atoms with Crippen molar-refractivity contribution >= 4 is 22.7 Å². The average Bonchev–Trinajstić information content (AvgIpc) is 3.47. The van der Waals surface area contributed by atoms with Crippen LogP contribution < -0.4 is 10.6 Å². The predicted octanol–water partition coefficient (Wildman–Crippen LogP) is 4.86. The first-order valence-electron chi connectivity index (χ1n) is 10.4. The lowest BCUT2D eigenvalue weighted by atomic mass is 9.86. The van der Waals surface area contributed by atoms with Crippen molar-refractivity contribution < 1.29 is 13.6 Å². The Morgan fingerprint density at radius 3 is 2.43 bits per heavy atom. The van der Waals surface area contributed by atoms with Crippen LogP contribution in [-0.2, 0) is 21.3 Å². The molecule has 1 aliphatic carbocycles. The van der Waals surface area contributed by atoms with Gasteiger partial charge in [0.15, 0.2) is 11.1 Å². The topological polar surface area (TPSA) is 78.4 Å². The van der Waals surface area contributed by atoms with Gasteiger partial charge in [0.25, 0.3) is 0 Å². The molecule has 2 aromatic carbocycles. The van der Waals surface area contributed by atoms with Gasteiger partial charge in [0.05, 0.1) is 6.04 Å². The molecule has 6 heteroatoms.